The van der Waals surface area contributed by atoms with E-state index in [-0.39, 0.29) is 24.5 Å². The molecule has 1 aromatic carbocycles. The van der Waals surface area contributed by atoms with E-state index in [1.165, 1.54) is 11.3 Å². The summed E-state index contributed by atoms with van der Waals surface area (Å²) in [6.45, 7) is 3.99. The minimum absolute atomic E-state index is 0.0722. The molecule has 0 bridgehead atoms. The molecule has 1 fully saturated rings. The predicted molar refractivity (Wildman–Crippen MR) is 108 cm³/mol. The minimum Gasteiger partial charge on any atom is -0.454 e. The molecule has 148 valence electrons. The lowest BCUT2D eigenvalue weighted by molar-refractivity contribution is -0.151. The zero-order valence-corrected chi connectivity index (χ0v) is 16.9. The number of benzene rings is 1. The zero-order chi connectivity index (χ0) is 20.1. The van der Waals surface area contributed by atoms with Crippen LogP contribution in [0, 0.1) is 0 Å². The van der Waals surface area contributed by atoms with Crippen molar-refractivity contribution in [2.24, 2.45) is 0 Å². The number of thiophene rings is 1. The molecule has 0 radical (unpaired) electrons. The standard InChI is InChI=1S/C21H24N2O4S/c1-15(2)23(16-8-4-3-5-9-16)19(24)14-27-21(26)17-10-6-12-22(17)20(25)18-11-7-13-28-18/h3-5,7-9,11,13,15,17H,6,10,12,14H2,1-2H3/t17-/m0/s1. The number of hydrogen-bond acceptors (Lipinski definition) is 5. The maximum Gasteiger partial charge on any atom is 0.329 e. The summed E-state index contributed by atoms with van der Waals surface area (Å²) in [6.07, 6.45) is 1.30. The number of rotatable bonds is 6. The minimum atomic E-state index is -0.633. The quantitative estimate of drug-likeness (QED) is 0.698. The van der Waals surface area contributed by atoms with Gasteiger partial charge in [0.2, 0.25) is 0 Å². The van der Waals surface area contributed by atoms with Crippen LogP contribution in [-0.4, -0.2) is 47.9 Å². The summed E-state index contributed by atoms with van der Waals surface area (Å²) in [4.78, 5) is 41.6. The molecule has 1 atom stereocenters. The molecule has 1 saturated heterocycles. The van der Waals surface area contributed by atoms with Crippen LogP contribution in [0.2, 0.25) is 0 Å². The van der Waals surface area contributed by atoms with E-state index in [2.05, 4.69) is 0 Å². The number of carbonyl (C=O) groups excluding carboxylic acids is 3. The van der Waals surface area contributed by atoms with Gasteiger partial charge in [-0.3, -0.25) is 9.59 Å². The Labute approximate surface area is 168 Å². The van der Waals surface area contributed by atoms with Crippen molar-refractivity contribution in [3.8, 4) is 0 Å². The zero-order valence-electron chi connectivity index (χ0n) is 16.0. The maximum absolute atomic E-state index is 12.7. The third-order valence-corrected chi connectivity index (χ3v) is 5.53. The lowest BCUT2D eigenvalue weighted by Crippen LogP contribution is -2.44. The Morgan fingerprint density at radius 3 is 2.57 bits per heavy atom. The van der Waals surface area contributed by atoms with Crippen LogP contribution in [0.15, 0.2) is 47.8 Å². The number of ether oxygens (including phenoxy) is 1. The summed E-state index contributed by atoms with van der Waals surface area (Å²) >= 11 is 1.35. The summed E-state index contributed by atoms with van der Waals surface area (Å²) in [6, 6.07) is 12.1. The summed E-state index contributed by atoms with van der Waals surface area (Å²) in [5, 5.41) is 1.83. The van der Waals surface area contributed by atoms with Crippen molar-refractivity contribution in [1.29, 1.82) is 0 Å². The van der Waals surface area contributed by atoms with Crippen molar-refractivity contribution in [1.82, 2.24) is 4.90 Å². The Bertz CT molecular complexity index is 820. The number of hydrogen-bond donors (Lipinski definition) is 0. The first-order valence-electron chi connectivity index (χ1n) is 9.37. The van der Waals surface area contributed by atoms with E-state index in [9.17, 15) is 14.4 Å². The highest BCUT2D eigenvalue weighted by Gasteiger charge is 2.36. The Hall–Kier alpha value is -2.67. The fourth-order valence-corrected chi connectivity index (χ4v) is 4.09. The highest BCUT2D eigenvalue weighted by Crippen LogP contribution is 2.23. The van der Waals surface area contributed by atoms with Crippen molar-refractivity contribution >= 4 is 34.8 Å². The van der Waals surface area contributed by atoms with Crippen molar-refractivity contribution < 1.29 is 19.1 Å². The highest BCUT2D eigenvalue weighted by molar-refractivity contribution is 7.12. The normalized spacial score (nSPS) is 16.2. The van der Waals surface area contributed by atoms with Crippen LogP contribution in [0.4, 0.5) is 5.69 Å². The van der Waals surface area contributed by atoms with E-state index in [1.807, 2.05) is 55.6 Å². The Kier molecular flexibility index (Phi) is 6.46. The molecule has 2 aromatic rings. The van der Waals surface area contributed by atoms with Gasteiger partial charge in [0, 0.05) is 18.3 Å². The number of esters is 1. The van der Waals surface area contributed by atoms with Crippen LogP contribution in [0.5, 0.6) is 0 Å². The molecule has 2 amide bonds. The number of likely N-dealkylation sites (tertiary alicyclic amines) is 1. The second kappa shape index (κ2) is 9.01. The van der Waals surface area contributed by atoms with Crippen molar-refractivity contribution in [2.75, 3.05) is 18.1 Å². The smallest absolute Gasteiger partial charge is 0.329 e. The topological polar surface area (TPSA) is 66.9 Å². The van der Waals surface area contributed by atoms with Gasteiger partial charge in [-0.25, -0.2) is 4.79 Å². The molecule has 0 unspecified atom stereocenters. The average Bonchev–Trinajstić information content (AvgIpc) is 3.38. The van der Waals surface area contributed by atoms with E-state index in [4.69, 9.17) is 4.74 Å². The molecule has 28 heavy (non-hydrogen) atoms. The third-order valence-electron chi connectivity index (χ3n) is 4.68. The highest BCUT2D eigenvalue weighted by atomic mass is 32.1. The first-order valence-corrected chi connectivity index (χ1v) is 10.2. The first-order chi connectivity index (χ1) is 13.5. The summed E-state index contributed by atoms with van der Waals surface area (Å²) < 4.78 is 5.32. The van der Waals surface area contributed by atoms with E-state index >= 15 is 0 Å². The molecule has 7 heteroatoms. The van der Waals surface area contributed by atoms with Gasteiger partial charge in [-0.15, -0.1) is 11.3 Å². The Morgan fingerprint density at radius 2 is 1.93 bits per heavy atom. The van der Waals surface area contributed by atoms with Gasteiger partial charge in [-0.1, -0.05) is 24.3 Å². The predicted octanol–water partition coefficient (Wildman–Crippen LogP) is 3.34. The molecule has 6 nitrogen and oxygen atoms in total. The lowest BCUT2D eigenvalue weighted by atomic mass is 10.2. The molecule has 0 spiro atoms. The molecule has 0 aliphatic carbocycles. The van der Waals surface area contributed by atoms with Crippen LogP contribution in [0.3, 0.4) is 0 Å². The van der Waals surface area contributed by atoms with Crippen LogP contribution >= 0.6 is 11.3 Å². The molecule has 0 saturated carbocycles. The second-order valence-corrected chi connectivity index (χ2v) is 7.88. The molecule has 3 rings (SSSR count). The summed E-state index contributed by atoms with van der Waals surface area (Å²) in [5.74, 6) is -0.968. The summed E-state index contributed by atoms with van der Waals surface area (Å²) in [5.41, 5.74) is 0.758. The Balaban J connectivity index is 1.62. The van der Waals surface area contributed by atoms with Gasteiger partial charge < -0.3 is 14.5 Å². The van der Waals surface area contributed by atoms with Gasteiger partial charge in [0.15, 0.2) is 6.61 Å². The van der Waals surface area contributed by atoms with E-state index in [1.54, 1.807) is 15.9 Å². The fourth-order valence-electron chi connectivity index (χ4n) is 3.41. The van der Waals surface area contributed by atoms with Gasteiger partial charge in [0.25, 0.3) is 11.8 Å². The number of amides is 2. The average molecular weight is 400 g/mol. The summed E-state index contributed by atoms with van der Waals surface area (Å²) in [7, 11) is 0. The number of carbonyl (C=O) groups is 3. The van der Waals surface area contributed by atoms with Crippen molar-refractivity contribution in [3.05, 3.63) is 52.7 Å². The molecule has 1 aliphatic rings. The van der Waals surface area contributed by atoms with Gasteiger partial charge in [0.1, 0.15) is 6.04 Å². The monoisotopic (exact) mass is 400 g/mol. The van der Waals surface area contributed by atoms with Gasteiger partial charge in [-0.2, -0.15) is 0 Å². The molecular weight excluding hydrogens is 376 g/mol. The molecule has 0 N–H and O–H groups in total. The molecule has 2 heterocycles. The first kappa shape index (κ1) is 20.1. The number of anilines is 1. The van der Waals surface area contributed by atoms with Crippen molar-refractivity contribution in [3.63, 3.8) is 0 Å². The van der Waals surface area contributed by atoms with Crippen LogP contribution in [-0.2, 0) is 14.3 Å². The third kappa shape index (κ3) is 4.42. The van der Waals surface area contributed by atoms with E-state index in [0.717, 1.165) is 12.1 Å². The molecular formula is C21H24N2O4S. The second-order valence-electron chi connectivity index (χ2n) is 6.93. The number of nitrogens with zero attached hydrogens (tertiary/aromatic N) is 2. The van der Waals surface area contributed by atoms with E-state index < -0.39 is 12.0 Å². The van der Waals surface area contributed by atoms with Crippen molar-refractivity contribution in [2.45, 2.75) is 38.8 Å². The SMILES string of the molecule is CC(C)N(C(=O)COC(=O)[C@@H]1CCCN1C(=O)c1cccs1)c1ccccc1. The van der Waals surface area contributed by atoms with Gasteiger partial charge >= 0.3 is 5.97 Å². The van der Waals surface area contributed by atoms with Crippen LogP contribution in [0.25, 0.3) is 0 Å². The fraction of sp³-hybridized carbons (Fsp3) is 0.381. The van der Waals surface area contributed by atoms with E-state index in [0.29, 0.717) is 17.8 Å². The maximum atomic E-state index is 12.7. The van der Waals surface area contributed by atoms with Gasteiger partial charge in [-0.05, 0) is 50.3 Å². The largest absolute Gasteiger partial charge is 0.454 e. The lowest BCUT2D eigenvalue weighted by Gasteiger charge is -2.27. The van der Waals surface area contributed by atoms with Crippen LogP contribution < -0.4 is 4.90 Å². The molecule has 1 aliphatic heterocycles. The molecule has 1 aromatic heterocycles. The Morgan fingerprint density at radius 1 is 1.18 bits per heavy atom. The number of para-hydroxylation sites is 1. The van der Waals surface area contributed by atoms with Crippen LogP contribution in [0.1, 0.15) is 36.4 Å². The van der Waals surface area contributed by atoms with Gasteiger partial charge in [0.05, 0.1) is 4.88 Å².